The van der Waals surface area contributed by atoms with Gasteiger partial charge < -0.3 is 10.2 Å². The van der Waals surface area contributed by atoms with Gasteiger partial charge in [-0.3, -0.25) is 9.69 Å². The average molecular weight is 479 g/mol. The van der Waals surface area contributed by atoms with Gasteiger partial charge >= 0.3 is 0 Å². The molecule has 0 unspecified atom stereocenters. The second-order valence-corrected chi connectivity index (χ2v) is 11.8. The minimum Gasteiger partial charge on any atom is -0.340 e. The number of hydrogen-bond acceptors (Lipinski definition) is 5. The zero-order chi connectivity index (χ0) is 24.0. The fourth-order valence-corrected chi connectivity index (χ4v) is 6.39. The predicted octanol–water partition coefficient (Wildman–Crippen LogP) is 2.89. The molecule has 0 radical (unpaired) electrons. The first-order valence-corrected chi connectivity index (χ1v) is 14.0. The van der Waals surface area contributed by atoms with Gasteiger partial charge in [0.2, 0.25) is 15.9 Å². The van der Waals surface area contributed by atoms with E-state index in [4.69, 9.17) is 0 Å². The summed E-state index contributed by atoms with van der Waals surface area (Å²) in [6.45, 7) is 12.9. The summed E-state index contributed by atoms with van der Waals surface area (Å²) in [6.07, 6.45) is 3.74. The molecule has 3 rings (SSSR count). The highest BCUT2D eigenvalue weighted by Gasteiger charge is 2.30. The molecule has 0 bridgehead atoms. The second-order valence-electron chi connectivity index (χ2n) is 9.88. The average Bonchev–Trinajstić information content (AvgIpc) is 2.80. The summed E-state index contributed by atoms with van der Waals surface area (Å²) in [5, 5.41) is 3.25. The Bertz CT molecular complexity index is 856. The van der Waals surface area contributed by atoms with E-state index in [2.05, 4.69) is 37.9 Å². The third kappa shape index (κ3) is 6.78. The third-order valence-electron chi connectivity index (χ3n) is 7.21. The van der Waals surface area contributed by atoms with Gasteiger partial charge in [-0.2, -0.15) is 4.31 Å². The smallest absolute Gasteiger partial charge is 0.243 e. The molecule has 2 saturated heterocycles. The second kappa shape index (κ2) is 11.8. The van der Waals surface area contributed by atoms with Crippen molar-refractivity contribution < 1.29 is 13.2 Å². The van der Waals surface area contributed by atoms with Crippen LogP contribution in [0, 0.1) is 0 Å². The Morgan fingerprint density at radius 3 is 2.24 bits per heavy atom. The van der Waals surface area contributed by atoms with E-state index < -0.39 is 10.0 Å². The van der Waals surface area contributed by atoms with E-state index in [0.29, 0.717) is 49.1 Å². The highest BCUT2D eigenvalue weighted by molar-refractivity contribution is 7.89. The van der Waals surface area contributed by atoms with Crippen LogP contribution in [0.25, 0.3) is 0 Å². The normalized spacial score (nSPS) is 22.8. The lowest BCUT2D eigenvalue weighted by atomic mass is 9.98. The predicted molar refractivity (Wildman–Crippen MR) is 133 cm³/mol. The van der Waals surface area contributed by atoms with Crippen molar-refractivity contribution >= 4 is 15.9 Å². The molecule has 1 amide bonds. The molecule has 0 aromatic heterocycles. The molecule has 2 heterocycles. The molecule has 1 aromatic carbocycles. The first-order valence-electron chi connectivity index (χ1n) is 12.5. The van der Waals surface area contributed by atoms with Crippen molar-refractivity contribution in [3.8, 4) is 0 Å². The van der Waals surface area contributed by atoms with Crippen molar-refractivity contribution in [2.75, 3.05) is 45.8 Å². The number of hydrogen-bond donors (Lipinski definition) is 1. The van der Waals surface area contributed by atoms with E-state index in [-0.39, 0.29) is 18.9 Å². The zero-order valence-electron chi connectivity index (χ0n) is 20.8. The number of nitrogens with one attached hydrogen (secondary N) is 1. The number of carbonyl (C=O) groups excluding carboxylic acids is 1. The van der Waals surface area contributed by atoms with Crippen molar-refractivity contribution in [3.05, 3.63) is 29.8 Å². The monoisotopic (exact) mass is 478 g/mol. The van der Waals surface area contributed by atoms with Crippen LogP contribution < -0.4 is 5.32 Å². The van der Waals surface area contributed by atoms with Gasteiger partial charge in [-0.05, 0) is 50.3 Å². The number of amides is 1. The molecule has 0 spiro atoms. The summed E-state index contributed by atoms with van der Waals surface area (Å²) in [5.41, 5.74) is 1.12. The minimum absolute atomic E-state index is 0.0339. The van der Waals surface area contributed by atoms with Crippen LogP contribution >= 0.6 is 0 Å². The van der Waals surface area contributed by atoms with Gasteiger partial charge in [-0.1, -0.05) is 32.4 Å². The zero-order valence-corrected chi connectivity index (χ0v) is 21.6. The summed E-state index contributed by atoms with van der Waals surface area (Å²) in [4.78, 5) is 17.3. The van der Waals surface area contributed by atoms with Gasteiger partial charge in [0, 0.05) is 64.3 Å². The molecular formula is C25H42N4O3S. The van der Waals surface area contributed by atoms with E-state index in [9.17, 15) is 13.2 Å². The van der Waals surface area contributed by atoms with Crippen molar-refractivity contribution in [3.63, 3.8) is 0 Å². The van der Waals surface area contributed by atoms with Crippen LogP contribution in [0.1, 0.15) is 64.9 Å². The van der Waals surface area contributed by atoms with Crippen LogP contribution in [-0.4, -0.2) is 86.3 Å². The Labute approximate surface area is 200 Å². The maximum atomic E-state index is 13.6. The molecule has 0 aliphatic carbocycles. The molecule has 2 atom stereocenters. The number of nitrogens with zero attached hydrogens (tertiary/aromatic N) is 3. The molecule has 2 fully saturated rings. The number of likely N-dealkylation sites (tertiary alicyclic amines) is 1. The topological polar surface area (TPSA) is 73.0 Å². The Hall–Kier alpha value is -1.48. The fourth-order valence-electron chi connectivity index (χ4n) is 4.96. The Kier molecular flexibility index (Phi) is 9.33. The van der Waals surface area contributed by atoms with Crippen molar-refractivity contribution in [2.24, 2.45) is 0 Å². The molecule has 186 valence electrons. The van der Waals surface area contributed by atoms with E-state index in [1.54, 1.807) is 12.1 Å². The van der Waals surface area contributed by atoms with Gasteiger partial charge in [0.15, 0.2) is 0 Å². The molecular weight excluding hydrogens is 436 g/mol. The molecule has 7 nitrogen and oxygen atoms in total. The maximum Gasteiger partial charge on any atom is 0.243 e. The van der Waals surface area contributed by atoms with Crippen LogP contribution in [0.2, 0.25) is 0 Å². The molecule has 0 saturated carbocycles. The summed E-state index contributed by atoms with van der Waals surface area (Å²) >= 11 is 0. The van der Waals surface area contributed by atoms with Crippen molar-refractivity contribution in [1.82, 2.24) is 19.4 Å². The fraction of sp³-hybridized carbons (Fsp3) is 0.720. The van der Waals surface area contributed by atoms with Gasteiger partial charge in [0.1, 0.15) is 0 Å². The van der Waals surface area contributed by atoms with Crippen LogP contribution in [0.3, 0.4) is 0 Å². The first-order chi connectivity index (χ1) is 15.7. The molecule has 8 heteroatoms. The van der Waals surface area contributed by atoms with Crippen molar-refractivity contribution in [1.29, 1.82) is 0 Å². The lowest BCUT2D eigenvalue weighted by molar-refractivity contribution is -0.131. The van der Waals surface area contributed by atoms with Crippen LogP contribution in [0.5, 0.6) is 0 Å². The van der Waals surface area contributed by atoms with E-state index >= 15 is 0 Å². The minimum atomic E-state index is -3.68. The molecule has 1 aromatic rings. The van der Waals surface area contributed by atoms with Crippen LogP contribution in [0.4, 0.5) is 0 Å². The Morgan fingerprint density at radius 2 is 1.67 bits per heavy atom. The van der Waals surface area contributed by atoms with Gasteiger partial charge in [0.25, 0.3) is 0 Å². The van der Waals surface area contributed by atoms with Crippen LogP contribution in [0.15, 0.2) is 29.2 Å². The van der Waals surface area contributed by atoms with Gasteiger partial charge in [0.05, 0.1) is 4.90 Å². The maximum absolute atomic E-state index is 13.6. The quantitative estimate of drug-likeness (QED) is 0.591. The summed E-state index contributed by atoms with van der Waals surface area (Å²) in [5.74, 6) is 0.378. The number of sulfonamides is 1. The SMILES string of the molecule is CC(C)c1ccc(S(=O)(=O)N(CCC(=O)N2CCNCC2)CCN2[C@H](C)CCC[C@@H]2C)cc1. The van der Waals surface area contributed by atoms with E-state index in [1.165, 1.54) is 10.7 Å². The number of piperazine rings is 1. The number of carbonyl (C=O) groups is 1. The van der Waals surface area contributed by atoms with Gasteiger partial charge in [-0.15, -0.1) is 0 Å². The number of benzene rings is 1. The lowest BCUT2D eigenvalue weighted by Gasteiger charge is -2.40. The summed E-state index contributed by atoms with van der Waals surface area (Å²) in [7, 11) is -3.68. The van der Waals surface area contributed by atoms with Crippen LogP contribution in [-0.2, 0) is 14.8 Å². The molecule has 2 aliphatic rings. The standard InChI is InChI=1S/C25H42N4O3S/c1-20(2)23-8-10-24(11-9-23)33(31,32)28(15-12-25(30)27-16-13-26-14-17-27)18-19-29-21(3)6-5-7-22(29)4/h8-11,20-22,26H,5-7,12-19H2,1-4H3/t21-,22+. The lowest BCUT2D eigenvalue weighted by Crippen LogP contribution is -2.49. The molecule has 1 N–H and O–H groups in total. The Morgan fingerprint density at radius 1 is 1.06 bits per heavy atom. The highest BCUT2D eigenvalue weighted by atomic mass is 32.2. The summed E-state index contributed by atoms with van der Waals surface area (Å²) < 4.78 is 28.8. The largest absolute Gasteiger partial charge is 0.340 e. The third-order valence-corrected chi connectivity index (χ3v) is 9.13. The van der Waals surface area contributed by atoms with E-state index in [0.717, 1.165) is 31.5 Å². The molecule has 2 aliphatic heterocycles. The highest BCUT2D eigenvalue weighted by Crippen LogP contribution is 2.24. The summed E-state index contributed by atoms with van der Waals surface area (Å²) in [6, 6.07) is 8.12. The van der Waals surface area contributed by atoms with Crippen molar-refractivity contribution in [2.45, 2.75) is 76.3 Å². The number of rotatable bonds is 9. The van der Waals surface area contributed by atoms with E-state index in [1.807, 2.05) is 17.0 Å². The first kappa shape index (κ1) is 26.1. The number of piperidine rings is 1. The van der Waals surface area contributed by atoms with Gasteiger partial charge in [-0.25, -0.2) is 8.42 Å². The Balaban J connectivity index is 1.74. The molecule has 33 heavy (non-hydrogen) atoms.